The van der Waals surface area contributed by atoms with Crippen molar-refractivity contribution in [1.82, 2.24) is 4.98 Å². The van der Waals surface area contributed by atoms with Crippen LogP contribution in [0.1, 0.15) is 11.1 Å². The van der Waals surface area contributed by atoms with Crippen molar-refractivity contribution in [3.05, 3.63) is 71.8 Å². The molecule has 1 N–H and O–H groups in total. The van der Waals surface area contributed by atoms with Crippen LogP contribution in [-0.2, 0) is 6.54 Å². The highest BCUT2D eigenvalue weighted by atomic mass is 19.1. The summed E-state index contributed by atoms with van der Waals surface area (Å²) < 4.78 is 13.8. The zero-order valence-corrected chi connectivity index (χ0v) is 11.2. The Bertz CT molecular complexity index is 748. The van der Waals surface area contributed by atoms with Gasteiger partial charge in [-0.1, -0.05) is 30.3 Å². The summed E-state index contributed by atoms with van der Waals surface area (Å²) in [5.74, 6) is -0.224. The topological polar surface area (TPSA) is 24.9 Å². The number of aromatic nitrogens is 1. The molecule has 0 amide bonds. The monoisotopic (exact) mass is 266 g/mol. The largest absolute Gasteiger partial charge is 0.379 e. The summed E-state index contributed by atoms with van der Waals surface area (Å²) in [5.41, 5.74) is 2.49. The minimum absolute atomic E-state index is 0.224. The zero-order chi connectivity index (χ0) is 13.9. The fourth-order valence-corrected chi connectivity index (χ4v) is 2.27. The molecule has 0 saturated carbocycles. The summed E-state index contributed by atoms with van der Waals surface area (Å²) in [6, 6.07) is 13.3. The second kappa shape index (κ2) is 5.29. The van der Waals surface area contributed by atoms with Crippen molar-refractivity contribution >= 4 is 16.5 Å². The molecule has 0 bridgehead atoms. The molecular weight excluding hydrogens is 251 g/mol. The quantitative estimate of drug-likeness (QED) is 0.764. The van der Waals surface area contributed by atoms with Gasteiger partial charge in [-0.05, 0) is 35.6 Å². The lowest BCUT2D eigenvalue weighted by Crippen LogP contribution is -2.02. The molecule has 0 saturated heterocycles. The predicted octanol–water partition coefficient (Wildman–Crippen LogP) is 4.29. The van der Waals surface area contributed by atoms with E-state index in [1.807, 2.05) is 43.6 Å². The van der Waals surface area contributed by atoms with Crippen molar-refractivity contribution in [2.75, 3.05) is 5.32 Å². The molecule has 0 unspecified atom stereocenters. The van der Waals surface area contributed by atoms with Crippen LogP contribution in [0.5, 0.6) is 0 Å². The van der Waals surface area contributed by atoms with Gasteiger partial charge >= 0.3 is 0 Å². The van der Waals surface area contributed by atoms with Crippen LogP contribution in [0.2, 0.25) is 0 Å². The molecule has 3 aromatic rings. The number of rotatable bonds is 3. The Kier molecular flexibility index (Phi) is 3.33. The zero-order valence-electron chi connectivity index (χ0n) is 11.2. The molecule has 0 aliphatic carbocycles. The van der Waals surface area contributed by atoms with E-state index in [9.17, 15) is 4.39 Å². The summed E-state index contributed by atoms with van der Waals surface area (Å²) in [6.45, 7) is 2.43. The number of halogens is 1. The first-order chi connectivity index (χ1) is 9.74. The third-order valence-electron chi connectivity index (χ3n) is 3.34. The summed E-state index contributed by atoms with van der Waals surface area (Å²) in [5, 5.41) is 5.37. The van der Waals surface area contributed by atoms with E-state index in [0.29, 0.717) is 12.2 Å². The van der Waals surface area contributed by atoms with Gasteiger partial charge in [-0.15, -0.1) is 0 Å². The molecule has 2 nitrogen and oxygen atoms in total. The van der Waals surface area contributed by atoms with Crippen LogP contribution >= 0.6 is 0 Å². The predicted molar refractivity (Wildman–Crippen MR) is 80.2 cm³/mol. The molecule has 100 valence electrons. The lowest BCUT2D eigenvalue weighted by Gasteiger charge is -2.10. The molecule has 2 aromatic carbocycles. The minimum Gasteiger partial charge on any atom is -0.379 e. The number of nitrogens with zero attached hydrogens (tertiary/aromatic N) is 1. The number of hydrogen-bond acceptors (Lipinski definition) is 2. The first kappa shape index (κ1) is 12.6. The molecule has 0 radical (unpaired) electrons. The van der Waals surface area contributed by atoms with Crippen molar-refractivity contribution in [1.29, 1.82) is 0 Å². The smallest absolute Gasteiger partial charge is 0.146 e. The fourth-order valence-electron chi connectivity index (χ4n) is 2.27. The van der Waals surface area contributed by atoms with E-state index >= 15 is 0 Å². The maximum absolute atomic E-state index is 13.8. The van der Waals surface area contributed by atoms with Crippen molar-refractivity contribution in [2.45, 2.75) is 13.5 Å². The van der Waals surface area contributed by atoms with Gasteiger partial charge in [-0.3, -0.25) is 4.98 Å². The van der Waals surface area contributed by atoms with Gasteiger partial charge in [0.2, 0.25) is 0 Å². The second-order valence-corrected chi connectivity index (χ2v) is 4.86. The minimum atomic E-state index is -0.224. The molecule has 0 atom stereocenters. The van der Waals surface area contributed by atoms with E-state index in [0.717, 1.165) is 21.9 Å². The number of aryl methyl sites for hydroxylation is 1. The van der Waals surface area contributed by atoms with Gasteiger partial charge in [0.25, 0.3) is 0 Å². The fraction of sp³-hybridized carbons (Fsp3) is 0.118. The number of pyridine rings is 1. The van der Waals surface area contributed by atoms with Gasteiger partial charge in [0.15, 0.2) is 0 Å². The van der Waals surface area contributed by atoms with Gasteiger partial charge < -0.3 is 5.32 Å². The van der Waals surface area contributed by atoms with Gasteiger partial charge in [0, 0.05) is 24.3 Å². The number of fused-ring (bicyclic) bond motifs is 1. The molecule has 1 aromatic heterocycles. The highest BCUT2D eigenvalue weighted by Crippen LogP contribution is 2.20. The van der Waals surface area contributed by atoms with Crippen molar-refractivity contribution in [3.63, 3.8) is 0 Å². The van der Waals surface area contributed by atoms with Gasteiger partial charge in [-0.25, -0.2) is 4.39 Å². The molecule has 3 heteroatoms. The van der Waals surface area contributed by atoms with E-state index < -0.39 is 0 Å². The lowest BCUT2D eigenvalue weighted by molar-refractivity contribution is 0.629. The third-order valence-corrected chi connectivity index (χ3v) is 3.34. The summed E-state index contributed by atoms with van der Waals surface area (Å²) in [7, 11) is 0. The van der Waals surface area contributed by atoms with E-state index in [1.54, 1.807) is 6.07 Å². The van der Waals surface area contributed by atoms with Crippen molar-refractivity contribution < 1.29 is 4.39 Å². The Morgan fingerprint density at radius 2 is 1.95 bits per heavy atom. The average Bonchev–Trinajstić information content (AvgIpc) is 2.46. The standard InChI is InChI=1S/C17H15FN2/c1-12-6-7-17(16(18)8-12)20-11-14-10-19-9-13-4-2-3-5-15(13)14/h2-10,20H,11H2,1H3. The SMILES string of the molecule is Cc1ccc(NCc2cncc3ccccc23)c(F)c1. The van der Waals surface area contributed by atoms with Crippen molar-refractivity contribution in [2.24, 2.45) is 0 Å². The Balaban J connectivity index is 1.87. The maximum Gasteiger partial charge on any atom is 0.146 e. The van der Waals surface area contributed by atoms with E-state index in [-0.39, 0.29) is 5.82 Å². The van der Waals surface area contributed by atoms with Crippen LogP contribution in [0, 0.1) is 12.7 Å². The first-order valence-electron chi connectivity index (χ1n) is 6.56. The third kappa shape index (κ3) is 2.48. The number of nitrogens with one attached hydrogen (secondary N) is 1. The highest BCUT2D eigenvalue weighted by Gasteiger charge is 2.04. The molecule has 0 aliphatic heterocycles. The van der Waals surface area contributed by atoms with Gasteiger partial charge in [0.1, 0.15) is 5.82 Å². The van der Waals surface area contributed by atoms with Crippen LogP contribution in [0.4, 0.5) is 10.1 Å². The molecule has 3 rings (SSSR count). The summed E-state index contributed by atoms with van der Waals surface area (Å²) in [6.07, 6.45) is 3.66. The molecule has 0 fully saturated rings. The Hall–Kier alpha value is -2.42. The van der Waals surface area contributed by atoms with Crippen LogP contribution in [0.25, 0.3) is 10.8 Å². The Labute approximate surface area is 117 Å². The Morgan fingerprint density at radius 1 is 1.10 bits per heavy atom. The summed E-state index contributed by atoms with van der Waals surface area (Å²) in [4.78, 5) is 4.23. The van der Waals surface area contributed by atoms with Crippen LogP contribution in [0.15, 0.2) is 54.9 Å². The molecular formula is C17H15FN2. The molecule has 20 heavy (non-hydrogen) atoms. The van der Waals surface area contributed by atoms with Gasteiger partial charge in [0.05, 0.1) is 5.69 Å². The molecule has 0 aliphatic rings. The van der Waals surface area contributed by atoms with Crippen LogP contribution in [-0.4, -0.2) is 4.98 Å². The first-order valence-corrected chi connectivity index (χ1v) is 6.56. The normalized spacial score (nSPS) is 10.7. The number of benzene rings is 2. The Morgan fingerprint density at radius 3 is 2.80 bits per heavy atom. The summed E-state index contributed by atoms with van der Waals surface area (Å²) >= 11 is 0. The second-order valence-electron chi connectivity index (χ2n) is 4.86. The van der Waals surface area contributed by atoms with Gasteiger partial charge in [-0.2, -0.15) is 0 Å². The number of hydrogen-bond donors (Lipinski definition) is 1. The highest BCUT2D eigenvalue weighted by molar-refractivity contribution is 5.84. The maximum atomic E-state index is 13.8. The van der Waals surface area contributed by atoms with E-state index in [2.05, 4.69) is 16.4 Å². The van der Waals surface area contributed by atoms with Crippen LogP contribution < -0.4 is 5.32 Å². The lowest BCUT2D eigenvalue weighted by atomic mass is 10.1. The average molecular weight is 266 g/mol. The van der Waals surface area contributed by atoms with E-state index in [1.165, 1.54) is 6.07 Å². The van der Waals surface area contributed by atoms with E-state index in [4.69, 9.17) is 0 Å². The van der Waals surface area contributed by atoms with Crippen molar-refractivity contribution in [3.8, 4) is 0 Å². The molecule has 0 spiro atoms. The molecule has 1 heterocycles. The van der Waals surface area contributed by atoms with Crippen LogP contribution in [0.3, 0.4) is 0 Å². The number of anilines is 1.